The highest BCUT2D eigenvalue weighted by molar-refractivity contribution is 4.70. The molecule has 0 radical (unpaired) electrons. The van der Waals surface area contributed by atoms with Crippen LogP contribution in [0.1, 0.15) is 12.8 Å². The predicted molar refractivity (Wildman–Crippen MR) is 43.5 cm³/mol. The van der Waals surface area contributed by atoms with Crippen molar-refractivity contribution in [2.45, 2.75) is 12.8 Å². The molecule has 0 spiro atoms. The van der Waals surface area contributed by atoms with Crippen molar-refractivity contribution in [1.29, 1.82) is 0 Å². The van der Waals surface area contributed by atoms with Gasteiger partial charge in [-0.25, -0.2) is 0 Å². The number of aliphatic hydroxyl groups is 1. The lowest BCUT2D eigenvalue weighted by Crippen LogP contribution is -2.11. The molecule has 11 heavy (non-hydrogen) atoms. The zero-order valence-electron chi connectivity index (χ0n) is 6.88. The molecule has 0 aromatic heterocycles. The molecule has 2 N–H and O–H groups in total. The van der Waals surface area contributed by atoms with Gasteiger partial charge in [0.25, 0.3) is 0 Å². The standard InChI is InChI=1S/C8H17NO2/c10-4-6-11-5-2-8-1-3-9-7-8/h8-10H,1-7H2. The molecule has 0 aromatic rings. The van der Waals surface area contributed by atoms with Crippen molar-refractivity contribution in [3.05, 3.63) is 0 Å². The molecule has 0 aliphatic carbocycles. The van der Waals surface area contributed by atoms with Gasteiger partial charge < -0.3 is 15.2 Å². The number of nitrogens with one attached hydrogen (secondary N) is 1. The number of aliphatic hydroxyl groups excluding tert-OH is 1. The lowest BCUT2D eigenvalue weighted by molar-refractivity contribution is 0.0843. The lowest BCUT2D eigenvalue weighted by Gasteiger charge is -2.07. The van der Waals surface area contributed by atoms with E-state index in [1.54, 1.807) is 0 Å². The first-order chi connectivity index (χ1) is 5.43. The molecule has 1 fully saturated rings. The maximum Gasteiger partial charge on any atom is 0.0697 e. The van der Waals surface area contributed by atoms with Gasteiger partial charge in [-0.15, -0.1) is 0 Å². The van der Waals surface area contributed by atoms with E-state index in [-0.39, 0.29) is 6.61 Å². The Morgan fingerprint density at radius 1 is 1.45 bits per heavy atom. The lowest BCUT2D eigenvalue weighted by atomic mass is 10.1. The zero-order valence-corrected chi connectivity index (χ0v) is 6.88. The average molecular weight is 159 g/mol. The summed E-state index contributed by atoms with van der Waals surface area (Å²) in [5.41, 5.74) is 0. The van der Waals surface area contributed by atoms with Gasteiger partial charge in [0.15, 0.2) is 0 Å². The first-order valence-corrected chi connectivity index (χ1v) is 4.33. The molecule has 1 atom stereocenters. The summed E-state index contributed by atoms with van der Waals surface area (Å²) < 4.78 is 5.17. The quantitative estimate of drug-likeness (QED) is 0.555. The minimum absolute atomic E-state index is 0.142. The molecule has 1 heterocycles. The Morgan fingerprint density at radius 2 is 2.36 bits per heavy atom. The molecule has 66 valence electrons. The van der Waals surface area contributed by atoms with Crippen molar-refractivity contribution in [2.75, 3.05) is 32.9 Å². The molecule has 1 aliphatic rings. The summed E-state index contributed by atoms with van der Waals surface area (Å²) in [7, 11) is 0. The summed E-state index contributed by atoms with van der Waals surface area (Å²) in [5.74, 6) is 0.800. The van der Waals surface area contributed by atoms with Crippen molar-refractivity contribution < 1.29 is 9.84 Å². The Balaban J connectivity index is 1.86. The molecular weight excluding hydrogens is 142 g/mol. The van der Waals surface area contributed by atoms with Crippen LogP contribution in [-0.4, -0.2) is 38.0 Å². The van der Waals surface area contributed by atoms with E-state index in [0.717, 1.165) is 32.0 Å². The van der Waals surface area contributed by atoms with Crippen molar-refractivity contribution in [3.63, 3.8) is 0 Å². The van der Waals surface area contributed by atoms with Gasteiger partial charge in [0.2, 0.25) is 0 Å². The van der Waals surface area contributed by atoms with Gasteiger partial charge in [-0.2, -0.15) is 0 Å². The molecule has 3 nitrogen and oxygen atoms in total. The van der Waals surface area contributed by atoms with Crippen molar-refractivity contribution in [2.24, 2.45) is 5.92 Å². The Labute approximate surface area is 67.7 Å². The highest BCUT2D eigenvalue weighted by atomic mass is 16.5. The predicted octanol–water partition coefficient (Wildman–Crippen LogP) is -0.00510. The second-order valence-electron chi connectivity index (χ2n) is 2.98. The Bertz CT molecular complexity index is 92.1. The van der Waals surface area contributed by atoms with Gasteiger partial charge in [-0.3, -0.25) is 0 Å². The topological polar surface area (TPSA) is 41.5 Å². The number of hydrogen-bond donors (Lipinski definition) is 2. The van der Waals surface area contributed by atoms with Crippen LogP contribution >= 0.6 is 0 Å². The maximum atomic E-state index is 8.42. The van der Waals surface area contributed by atoms with Crippen LogP contribution in [0.4, 0.5) is 0 Å². The third-order valence-corrected chi connectivity index (χ3v) is 2.07. The van der Waals surface area contributed by atoms with Crippen LogP contribution in [0.3, 0.4) is 0 Å². The SMILES string of the molecule is OCCOCCC1CCNC1. The maximum absolute atomic E-state index is 8.42. The molecule has 1 rings (SSSR count). The van der Waals surface area contributed by atoms with Crippen LogP contribution in [0.2, 0.25) is 0 Å². The molecule has 1 saturated heterocycles. The smallest absolute Gasteiger partial charge is 0.0697 e. The summed E-state index contributed by atoms with van der Waals surface area (Å²) >= 11 is 0. The first kappa shape index (κ1) is 8.97. The minimum atomic E-state index is 0.142. The first-order valence-electron chi connectivity index (χ1n) is 4.33. The molecule has 1 unspecified atom stereocenters. The molecular formula is C8H17NO2. The van der Waals surface area contributed by atoms with Crippen LogP contribution in [-0.2, 0) is 4.74 Å². The van der Waals surface area contributed by atoms with E-state index in [1.165, 1.54) is 6.42 Å². The van der Waals surface area contributed by atoms with Crippen LogP contribution in [0, 0.1) is 5.92 Å². The van der Waals surface area contributed by atoms with Crippen molar-refractivity contribution in [3.8, 4) is 0 Å². The molecule has 0 bridgehead atoms. The second kappa shape index (κ2) is 5.52. The van der Waals surface area contributed by atoms with E-state index in [1.807, 2.05) is 0 Å². The van der Waals surface area contributed by atoms with Gasteiger partial charge in [0.1, 0.15) is 0 Å². The summed E-state index contributed by atoms with van der Waals surface area (Å²) in [6.45, 7) is 3.73. The van der Waals surface area contributed by atoms with Crippen LogP contribution in [0.15, 0.2) is 0 Å². The van der Waals surface area contributed by atoms with Crippen LogP contribution in [0.25, 0.3) is 0 Å². The Kier molecular flexibility index (Phi) is 4.50. The Morgan fingerprint density at radius 3 is 3.00 bits per heavy atom. The van der Waals surface area contributed by atoms with E-state index in [9.17, 15) is 0 Å². The van der Waals surface area contributed by atoms with Crippen molar-refractivity contribution in [1.82, 2.24) is 5.32 Å². The second-order valence-corrected chi connectivity index (χ2v) is 2.98. The fraction of sp³-hybridized carbons (Fsp3) is 1.00. The normalized spacial score (nSPS) is 24.3. The highest BCUT2D eigenvalue weighted by Gasteiger charge is 2.13. The average Bonchev–Trinajstić information content (AvgIpc) is 2.50. The van der Waals surface area contributed by atoms with Gasteiger partial charge in [0, 0.05) is 6.61 Å². The van der Waals surface area contributed by atoms with E-state index >= 15 is 0 Å². The molecule has 0 saturated carbocycles. The van der Waals surface area contributed by atoms with Gasteiger partial charge >= 0.3 is 0 Å². The summed E-state index contributed by atoms with van der Waals surface area (Å²) in [4.78, 5) is 0. The summed E-state index contributed by atoms with van der Waals surface area (Å²) in [6, 6.07) is 0. The number of rotatable bonds is 5. The fourth-order valence-corrected chi connectivity index (χ4v) is 1.38. The molecule has 1 aliphatic heterocycles. The third-order valence-electron chi connectivity index (χ3n) is 2.07. The van der Waals surface area contributed by atoms with E-state index < -0.39 is 0 Å². The van der Waals surface area contributed by atoms with Gasteiger partial charge in [-0.05, 0) is 31.8 Å². The van der Waals surface area contributed by atoms with Crippen LogP contribution in [0.5, 0.6) is 0 Å². The molecule has 0 amide bonds. The van der Waals surface area contributed by atoms with E-state index in [4.69, 9.17) is 9.84 Å². The summed E-state index contributed by atoms with van der Waals surface area (Å²) in [5, 5.41) is 11.7. The fourth-order valence-electron chi connectivity index (χ4n) is 1.38. The number of hydrogen-bond acceptors (Lipinski definition) is 3. The summed E-state index contributed by atoms with van der Waals surface area (Å²) in [6.07, 6.45) is 2.41. The largest absolute Gasteiger partial charge is 0.394 e. The molecule has 3 heteroatoms. The Hall–Kier alpha value is -0.120. The highest BCUT2D eigenvalue weighted by Crippen LogP contribution is 2.11. The third kappa shape index (κ3) is 3.70. The van der Waals surface area contributed by atoms with E-state index in [0.29, 0.717) is 6.61 Å². The van der Waals surface area contributed by atoms with E-state index in [2.05, 4.69) is 5.32 Å². The van der Waals surface area contributed by atoms with Crippen LogP contribution < -0.4 is 5.32 Å². The zero-order chi connectivity index (χ0) is 7.94. The molecule has 0 aromatic carbocycles. The monoisotopic (exact) mass is 159 g/mol. The van der Waals surface area contributed by atoms with Crippen molar-refractivity contribution >= 4 is 0 Å². The van der Waals surface area contributed by atoms with Gasteiger partial charge in [-0.1, -0.05) is 0 Å². The minimum Gasteiger partial charge on any atom is -0.394 e. The van der Waals surface area contributed by atoms with Gasteiger partial charge in [0.05, 0.1) is 13.2 Å². The number of ether oxygens (including phenoxy) is 1.